The van der Waals surface area contributed by atoms with E-state index < -0.39 is 0 Å². The summed E-state index contributed by atoms with van der Waals surface area (Å²) in [5.41, 5.74) is 3.29. The highest BCUT2D eigenvalue weighted by Gasteiger charge is 2.37. The molecule has 23 heavy (non-hydrogen) atoms. The molecule has 4 heterocycles. The highest BCUT2D eigenvalue weighted by molar-refractivity contribution is 5.84. The van der Waals surface area contributed by atoms with Crippen molar-refractivity contribution >= 4 is 5.91 Å². The molecule has 6 heteroatoms. The van der Waals surface area contributed by atoms with Gasteiger partial charge in [-0.25, -0.2) is 4.98 Å². The van der Waals surface area contributed by atoms with Gasteiger partial charge >= 0.3 is 0 Å². The molecule has 2 aromatic rings. The van der Waals surface area contributed by atoms with Crippen molar-refractivity contribution in [3.05, 3.63) is 47.8 Å². The maximum atomic E-state index is 12.8. The Morgan fingerprint density at radius 2 is 2.26 bits per heavy atom. The molecule has 0 radical (unpaired) electrons. The quantitative estimate of drug-likeness (QED) is 0.853. The Balaban J connectivity index is 1.59. The molecule has 1 saturated heterocycles. The van der Waals surface area contributed by atoms with Crippen molar-refractivity contribution in [2.45, 2.75) is 25.4 Å². The Morgan fingerprint density at radius 3 is 2.96 bits per heavy atom. The summed E-state index contributed by atoms with van der Waals surface area (Å²) in [5, 5.41) is 0. The minimum absolute atomic E-state index is 0.108. The smallest absolute Gasteiger partial charge is 0.233 e. The zero-order valence-corrected chi connectivity index (χ0v) is 13.4. The van der Waals surface area contributed by atoms with E-state index in [-0.39, 0.29) is 11.8 Å². The number of pyridine rings is 1. The second-order valence-corrected chi connectivity index (χ2v) is 6.45. The minimum Gasteiger partial charge on any atom is -0.342 e. The molecule has 0 aliphatic carbocycles. The van der Waals surface area contributed by atoms with Gasteiger partial charge in [-0.2, -0.15) is 0 Å². The lowest BCUT2D eigenvalue weighted by Gasteiger charge is -2.38. The second kappa shape index (κ2) is 5.77. The van der Waals surface area contributed by atoms with Gasteiger partial charge in [-0.05, 0) is 18.1 Å². The number of imidazole rings is 1. The molecule has 0 bridgehead atoms. The molecule has 1 amide bonds. The molecular weight excluding hydrogens is 290 g/mol. The summed E-state index contributed by atoms with van der Waals surface area (Å²) in [6, 6.07) is 4.03. The van der Waals surface area contributed by atoms with Crippen LogP contribution in [-0.2, 0) is 24.9 Å². The van der Waals surface area contributed by atoms with Crippen molar-refractivity contribution in [1.29, 1.82) is 0 Å². The largest absolute Gasteiger partial charge is 0.342 e. The number of carbonyl (C=O) groups excluding carboxylic acids is 1. The summed E-state index contributed by atoms with van der Waals surface area (Å²) in [4.78, 5) is 25.8. The summed E-state index contributed by atoms with van der Waals surface area (Å²) >= 11 is 0. The van der Waals surface area contributed by atoms with Gasteiger partial charge in [0, 0.05) is 52.2 Å². The van der Waals surface area contributed by atoms with Gasteiger partial charge in [0.2, 0.25) is 5.91 Å². The van der Waals surface area contributed by atoms with Gasteiger partial charge in [0.25, 0.3) is 0 Å². The number of aryl methyl sites for hydroxylation is 1. The van der Waals surface area contributed by atoms with Crippen LogP contribution in [0.3, 0.4) is 0 Å². The van der Waals surface area contributed by atoms with Gasteiger partial charge in [-0.1, -0.05) is 6.07 Å². The third-order valence-electron chi connectivity index (χ3n) is 4.80. The Kier molecular flexibility index (Phi) is 3.61. The van der Waals surface area contributed by atoms with Crippen LogP contribution in [0, 0.1) is 0 Å². The Morgan fingerprint density at radius 1 is 1.39 bits per heavy atom. The number of nitrogens with zero attached hydrogens (tertiary/aromatic N) is 5. The molecule has 0 aromatic carbocycles. The van der Waals surface area contributed by atoms with E-state index in [1.807, 2.05) is 35.1 Å². The Hall–Kier alpha value is -2.21. The standard InChI is InChI=1S/C17H21N5O/c1-20-12-19-15-11-21(9-13-4-2-5-18-8-13)10-14(16(15)20)17(23)22-6-3-7-22/h2,4-5,8,12,14H,3,6-7,9-11H2,1H3. The van der Waals surface area contributed by atoms with E-state index in [4.69, 9.17) is 0 Å². The van der Waals surface area contributed by atoms with E-state index in [1.54, 1.807) is 6.20 Å². The van der Waals surface area contributed by atoms with Gasteiger partial charge in [-0.15, -0.1) is 0 Å². The fraction of sp³-hybridized carbons (Fsp3) is 0.471. The average Bonchev–Trinajstić information content (AvgIpc) is 2.87. The molecule has 0 saturated carbocycles. The molecule has 1 fully saturated rings. The van der Waals surface area contributed by atoms with Crippen LogP contribution >= 0.6 is 0 Å². The third kappa shape index (κ3) is 2.63. The van der Waals surface area contributed by atoms with Crippen LogP contribution in [0.25, 0.3) is 0 Å². The molecule has 1 atom stereocenters. The fourth-order valence-corrected chi connectivity index (χ4v) is 3.50. The number of likely N-dealkylation sites (tertiary alicyclic amines) is 1. The van der Waals surface area contributed by atoms with E-state index in [2.05, 4.69) is 20.9 Å². The van der Waals surface area contributed by atoms with Crippen molar-refractivity contribution in [1.82, 2.24) is 24.3 Å². The molecular formula is C17H21N5O. The first-order chi connectivity index (χ1) is 11.2. The topological polar surface area (TPSA) is 54.3 Å². The summed E-state index contributed by atoms with van der Waals surface area (Å²) < 4.78 is 2.01. The summed E-state index contributed by atoms with van der Waals surface area (Å²) in [6.07, 6.45) is 6.62. The zero-order valence-electron chi connectivity index (χ0n) is 13.4. The number of hydrogen-bond acceptors (Lipinski definition) is 4. The van der Waals surface area contributed by atoms with E-state index in [9.17, 15) is 4.79 Å². The first-order valence-corrected chi connectivity index (χ1v) is 8.12. The molecule has 2 aromatic heterocycles. The van der Waals surface area contributed by atoms with Crippen molar-refractivity contribution in [2.24, 2.45) is 7.05 Å². The molecule has 2 aliphatic rings. The molecule has 120 valence electrons. The van der Waals surface area contributed by atoms with Crippen LogP contribution in [0.2, 0.25) is 0 Å². The van der Waals surface area contributed by atoms with Crippen molar-refractivity contribution in [2.75, 3.05) is 19.6 Å². The van der Waals surface area contributed by atoms with Gasteiger partial charge in [0.15, 0.2) is 0 Å². The molecule has 6 nitrogen and oxygen atoms in total. The number of rotatable bonds is 3. The van der Waals surface area contributed by atoms with Crippen LogP contribution in [0.1, 0.15) is 29.3 Å². The molecule has 0 spiro atoms. The fourth-order valence-electron chi connectivity index (χ4n) is 3.50. The number of aromatic nitrogens is 3. The zero-order chi connectivity index (χ0) is 15.8. The van der Waals surface area contributed by atoms with Crippen molar-refractivity contribution in [3.8, 4) is 0 Å². The van der Waals surface area contributed by atoms with Gasteiger partial charge < -0.3 is 9.47 Å². The first kappa shape index (κ1) is 14.4. The number of carbonyl (C=O) groups is 1. The lowest BCUT2D eigenvalue weighted by atomic mass is 9.95. The van der Waals surface area contributed by atoms with Crippen LogP contribution in [-0.4, -0.2) is 49.9 Å². The third-order valence-corrected chi connectivity index (χ3v) is 4.80. The lowest BCUT2D eigenvalue weighted by Crippen LogP contribution is -2.48. The van der Waals surface area contributed by atoms with E-state index in [1.165, 1.54) is 5.56 Å². The summed E-state index contributed by atoms with van der Waals surface area (Å²) in [5.74, 6) is 0.139. The van der Waals surface area contributed by atoms with Crippen LogP contribution in [0.4, 0.5) is 0 Å². The number of amides is 1. The van der Waals surface area contributed by atoms with Gasteiger partial charge in [-0.3, -0.25) is 14.7 Å². The van der Waals surface area contributed by atoms with Crippen LogP contribution in [0.5, 0.6) is 0 Å². The predicted octanol–water partition coefficient (Wildman–Crippen LogP) is 1.15. The highest BCUT2D eigenvalue weighted by Crippen LogP contribution is 2.30. The molecule has 0 N–H and O–H groups in total. The SMILES string of the molecule is Cn1cnc2c1C(C(=O)N1CCC1)CN(Cc1cccnc1)C2. The summed E-state index contributed by atoms with van der Waals surface area (Å²) in [7, 11) is 1.99. The second-order valence-electron chi connectivity index (χ2n) is 6.45. The van der Waals surface area contributed by atoms with E-state index >= 15 is 0 Å². The maximum Gasteiger partial charge on any atom is 0.233 e. The molecule has 4 rings (SSSR count). The highest BCUT2D eigenvalue weighted by atomic mass is 16.2. The summed E-state index contributed by atoms with van der Waals surface area (Å²) in [6.45, 7) is 4.12. The molecule has 1 unspecified atom stereocenters. The van der Waals surface area contributed by atoms with Crippen molar-refractivity contribution in [3.63, 3.8) is 0 Å². The predicted molar refractivity (Wildman–Crippen MR) is 85.5 cm³/mol. The van der Waals surface area contributed by atoms with E-state index in [0.29, 0.717) is 0 Å². The Labute approximate surface area is 135 Å². The van der Waals surface area contributed by atoms with Gasteiger partial charge in [0.1, 0.15) is 0 Å². The molecule has 2 aliphatic heterocycles. The number of hydrogen-bond donors (Lipinski definition) is 0. The van der Waals surface area contributed by atoms with Crippen molar-refractivity contribution < 1.29 is 4.79 Å². The monoisotopic (exact) mass is 311 g/mol. The average molecular weight is 311 g/mol. The van der Waals surface area contributed by atoms with E-state index in [0.717, 1.165) is 50.5 Å². The van der Waals surface area contributed by atoms with Crippen LogP contribution < -0.4 is 0 Å². The van der Waals surface area contributed by atoms with Gasteiger partial charge in [0.05, 0.1) is 23.6 Å². The van der Waals surface area contributed by atoms with Crippen LogP contribution in [0.15, 0.2) is 30.9 Å². The normalized spacial score (nSPS) is 20.9. The Bertz CT molecular complexity index is 707. The maximum absolute atomic E-state index is 12.8. The minimum atomic E-state index is -0.108. The first-order valence-electron chi connectivity index (χ1n) is 8.12. The lowest BCUT2D eigenvalue weighted by molar-refractivity contribution is -0.137. The number of fused-ring (bicyclic) bond motifs is 1.